The van der Waals surface area contributed by atoms with Gasteiger partial charge in [-0.3, -0.25) is 4.79 Å². The molecule has 5 rings (SSSR count). The lowest BCUT2D eigenvalue weighted by atomic mass is 10.1. The first-order valence-electron chi connectivity index (χ1n) is 11.1. The van der Waals surface area contributed by atoms with Gasteiger partial charge in [-0.1, -0.05) is 11.6 Å². The second-order valence-electron chi connectivity index (χ2n) is 8.18. The molecule has 0 spiro atoms. The second-order valence-corrected chi connectivity index (χ2v) is 8.53. The molecule has 0 aliphatic carbocycles. The Bertz CT molecular complexity index is 1170. The van der Waals surface area contributed by atoms with Gasteiger partial charge in [-0.25, -0.2) is 14.4 Å². The Kier molecular flexibility index (Phi) is 6.09. The summed E-state index contributed by atoms with van der Waals surface area (Å²) < 4.78 is 19.5. The number of benzene rings is 1. The van der Waals surface area contributed by atoms with Crippen LogP contribution >= 0.6 is 11.6 Å². The van der Waals surface area contributed by atoms with E-state index in [1.807, 2.05) is 0 Å². The van der Waals surface area contributed by atoms with Crippen molar-refractivity contribution in [2.24, 2.45) is 0 Å². The fraction of sp³-hybridized carbons (Fsp3) is 0.333. The molecule has 4 heterocycles. The first-order valence-corrected chi connectivity index (χ1v) is 11.4. The first kappa shape index (κ1) is 21.6. The molecule has 1 fully saturated rings. The van der Waals surface area contributed by atoms with Crippen molar-refractivity contribution in [3.05, 3.63) is 70.4 Å². The maximum atomic E-state index is 13.4. The molecular formula is C24H23ClFN5O2. The number of fused-ring (bicyclic) bond motifs is 1. The topological polar surface area (TPSA) is 71.5 Å². The van der Waals surface area contributed by atoms with Crippen LogP contribution in [0.4, 0.5) is 10.3 Å². The van der Waals surface area contributed by atoms with Gasteiger partial charge in [-0.2, -0.15) is 4.98 Å². The molecule has 0 radical (unpaired) electrons. The minimum atomic E-state index is -0.341. The third-order valence-corrected chi connectivity index (χ3v) is 6.26. The van der Waals surface area contributed by atoms with Crippen LogP contribution in [0.25, 0.3) is 0 Å². The summed E-state index contributed by atoms with van der Waals surface area (Å²) in [6.07, 6.45) is 5.52. The lowest BCUT2D eigenvalue weighted by Crippen LogP contribution is -2.38. The van der Waals surface area contributed by atoms with E-state index in [1.165, 1.54) is 18.6 Å². The van der Waals surface area contributed by atoms with Gasteiger partial charge in [0.25, 0.3) is 5.91 Å². The first-order chi connectivity index (χ1) is 16.1. The Morgan fingerprint density at radius 3 is 2.58 bits per heavy atom. The standard InChI is InChI=1S/C24H23ClFN5O2/c25-21-18(5-4-11-27-21)23(32)31-14-10-20-19(15-31)22(33-17-8-6-16(26)7-9-17)29-24(28-20)30-12-2-1-3-13-30/h4-9,11H,1-3,10,12-15H2. The molecule has 0 unspecified atom stereocenters. The van der Waals surface area contributed by atoms with Crippen molar-refractivity contribution in [2.75, 3.05) is 24.5 Å². The highest BCUT2D eigenvalue weighted by atomic mass is 35.5. The number of piperidine rings is 1. The largest absolute Gasteiger partial charge is 0.438 e. The third-order valence-electron chi connectivity index (χ3n) is 5.95. The van der Waals surface area contributed by atoms with Crippen LogP contribution in [0.1, 0.15) is 40.9 Å². The number of hydrogen-bond acceptors (Lipinski definition) is 6. The number of halogens is 2. The number of rotatable bonds is 4. The summed E-state index contributed by atoms with van der Waals surface area (Å²) in [7, 11) is 0. The zero-order chi connectivity index (χ0) is 22.8. The minimum Gasteiger partial charge on any atom is -0.438 e. The molecule has 7 nitrogen and oxygen atoms in total. The van der Waals surface area contributed by atoms with Gasteiger partial charge in [-0.05, 0) is 55.7 Å². The molecule has 1 aromatic carbocycles. The molecule has 0 atom stereocenters. The minimum absolute atomic E-state index is 0.174. The van der Waals surface area contributed by atoms with E-state index in [9.17, 15) is 9.18 Å². The number of carbonyl (C=O) groups is 1. The summed E-state index contributed by atoms with van der Waals surface area (Å²) in [6, 6.07) is 9.16. The molecule has 3 aromatic rings. The molecule has 0 saturated carbocycles. The van der Waals surface area contributed by atoms with Gasteiger partial charge in [0.2, 0.25) is 11.8 Å². The van der Waals surface area contributed by atoms with E-state index in [0.717, 1.165) is 37.2 Å². The SMILES string of the molecule is O=C(c1cccnc1Cl)N1CCc2nc(N3CCCCC3)nc(Oc3ccc(F)cc3)c2C1. The van der Waals surface area contributed by atoms with Crippen LogP contribution in [0, 0.1) is 5.82 Å². The Hall–Kier alpha value is -3.26. The molecule has 1 amide bonds. The Morgan fingerprint density at radius 1 is 1.03 bits per heavy atom. The quantitative estimate of drug-likeness (QED) is 0.520. The molecule has 2 aromatic heterocycles. The van der Waals surface area contributed by atoms with Crippen molar-refractivity contribution in [1.29, 1.82) is 0 Å². The summed E-state index contributed by atoms with van der Waals surface area (Å²) in [5, 5.41) is 0.174. The average Bonchev–Trinajstić information content (AvgIpc) is 2.85. The average molecular weight is 468 g/mol. The van der Waals surface area contributed by atoms with Crippen LogP contribution in [0.5, 0.6) is 11.6 Å². The molecule has 0 N–H and O–H groups in total. The van der Waals surface area contributed by atoms with E-state index < -0.39 is 0 Å². The van der Waals surface area contributed by atoms with Gasteiger partial charge in [0, 0.05) is 32.3 Å². The van der Waals surface area contributed by atoms with Gasteiger partial charge in [-0.15, -0.1) is 0 Å². The van der Waals surface area contributed by atoms with Crippen molar-refractivity contribution in [3.63, 3.8) is 0 Å². The van der Waals surface area contributed by atoms with E-state index in [-0.39, 0.29) is 23.4 Å². The lowest BCUT2D eigenvalue weighted by molar-refractivity contribution is 0.0731. The highest BCUT2D eigenvalue weighted by Crippen LogP contribution is 2.33. The van der Waals surface area contributed by atoms with Crippen molar-refractivity contribution in [3.8, 4) is 11.6 Å². The predicted molar refractivity (Wildman–Crippen MR) is 122 cm³/mol. The zero-order valence-corrected chi connectivity index (χ0v) is 18.8. The summed E-state index contributed by atoms with van der Waals surface area (Å²) in [4.78, 5) is 30.6. The zero-order valence-electron chi connectivity index (χ0n) is 18.0. The number of hydrogen-bond donors (Lipinski definition) is 0. The van der Waals surface area contributed by atoms with Crippen LogP contribution in [0.15, 0.2) is 42.6 Å². The van der Waals surface area contributed by atoms with Gasteiger partial charge in [0.1, 0.15) is 16.7 Å². The molecular weight excluding hydrogens is 445 g/mol. The normalized spacial score (nSPS) is 15.8. The fourth-order valence-corrected chi connectivity index (χ4v) is 4.39. The predicted octanol–water partition coefficient (Wildman–Crippen LogP) is 4.65. The maximum Gasteiger partial charge on any atom is 0.257 e. The summed E-state index contributed by atoms with van der Waals surface area (Å²) >= 11 is 6.15. The number of aromatic nitrogens is 3. The van der Waals surface area contributed by atoms with E-state index >= 15 is 0 Å². The summed E-state index contributed by atoms with van der Waals surface area (Å²) in [5.41, 5.74) is 1.97. The second kappa shape index (κ2) is 9.31. The van der Waals surface area contributed by atoms with Crippen LogP contribution in [-0.4, -0.2) is 45.4 Å². The van der Waals surface area contributed by atoms with E-state index in [1.54, 1.807) is 35.4 Å². The van der Waals surface area contributed by atoms with E-state index in [2.05, 4.69) is 9.88 Å². The Labute approximate surface area is 196 Å². The molecule has 170 valence electrons. The van der Waals surface area contributed by atoms with Gasteiger partial charge in [0.15, 0.2) is 0 Å². The highest BCUT2D eigenvalue weighted by molar-refractivity contribution is 6.32. The van der Waals surface area contributed by atoms with Gasteiger partial charge < -0.3 is 14.5 Å². The summed E-state index contributed by atoms with van der Waals surface area (Å²) in [5.74, 6) is 0.959. The third kappa shape index (κ3) is 4.61. The number of pyridine rings is 1. The summed E-state index contributed by atoms with van der Waals surface area (Å²) in [6.45, 7) is 2.59. The molecule has 9 heteroatoms. The van der Waals surface area contributed by atoms with Gasteiger partial charge in [0.05, 0.1) is 23.4 Å². The Morgan fingerprint density at radius 2 is 1.82 bits per heavy atom. The molecule has 1 saturated heterocycles. The van der Waals surface area contributed by atoms with Crippen molar-refractivity contribution in [1.82, 2.24) is 19.9 Å². The number of ether oxygens (including phenoxy) is 1. The van der Waals surface area contributed by atoms with Crippen LogP contribution < -0.4 is 9.64 Å². The Balaban J connectivity index is 1.49. The smallest absolute Gasteiger partial charge is 0.257 e. The molecule has 33 heavy (non-hydrogen) atoms. The van der Waals surface area contributed by atoms with Gasteiger partial charge >= 0.3 is 0 Å². The number of anilines is 1. The number of amides is 1. The van der Waals surface area contributed by atoms with Crippen LogP contribution in [-0.2, 0) is 13.0 Å². The van der Waals surface area contributed by atoms with E-state index in [0.29, 0.717) is 36.1 Å². The molecule has 2 aliphatic rings. The number of carbonyl (C=O) groups excluding carboxylic acids is 1. The van der Waals surface area contributed by atoms with Crippen LogP contribution in [0.2, 0.25) is 5.15 Å². The highest BCUT2D eigenvalue weighted by Gasteiger charge is 2.29. The van der Waals surface area contributed by atoms with Crippen molar-refractivity contribution in [2.45, 2.75) is 32.2 Å². The maximum absolute atomic E-state index is 13.4. The van der Waals surface area contributed by atoms with Crippen molar-refractivity contribution < 1.29 is 13.9 Å². The van der Waals surface area contributed by atoms with Crippen molar-refractivity contribution >= 4 is 23.5 Å². The molecule has 2 aliphatic heterocycles. The van der Waals surface area contributed by atoms with E-state index in [4.69, 9.17) is 26.3 Å². The number of nitrogens with zero attached hydrogens (tertiary/aromatic N) is 5. The fourth-order valence-electron chi connectivity index (χ4n) is 4.19. The molecule has 0 bridgehead atoms. The lowest BCUT2D eigenvalue weighted by Gasteiger charge is -2.32. The van der Waals surface area contributed by atoms with Crippen LogP contribution in [0.3, 0.4) is 0 Å². The monoisotopic (exact) mass is 467 g/mol.